The van der Waals surface area contributed by atoms with E-state index in [1.165, 1.54) is 24.8 Å². The zero-order chi connectivity index (χ0) is 9.80. The second kappa shape index (κ2) is 4.53. The summed E-state index contributed by atoms with van der Waals surface area (Å²) in [6.45, 7) is 2.07. The number of hydrazine groups is 1. The topological polar surface area (TPSA) is 42.1 Å². The first-order valence-corrected chi connectivity index (χ1v) is 5.23. The number of pyridine rings is 1. The van der Waals surface area contributed by atoms with Gasteiger partial charge in [0.2, 0.25) is 0 Å². The zero-order valence-electron chi connectivity index (χ0n) is 8.39. The monoisotopic (exact) mass is 191 g/mol. The highest BCUT2D eigenvalue weighted by molar-refractivity contribution is 5.10. The quantitative estimate of drug-likeness (QED) is 0.714. The van der Waals surface area contributed by atoms with Crippen molar-refractivity contribution in [2.45, 2.75) is 19.3 Å². The van der Waals surface area contributed by atoms with Crippen molar-refractivity contribution in [3.63, 3.8) is 0 Å². The van der Waals surface area contributed by atoms with Crippen molar-refractivity contribution in [3.8, 4) is 0 Å². The average Bonchev–Trinajstić information content (AvgIpc) is 2.23. The van der Waals surface area contributed by atoms with Gasteiger partial charge in [-0.25, -0.2) is 5.01 Å². The molecule has 14 heavy (non-hydrogen) atoms. The smallest absolute Gasteiger partial charge is 0.0270 e. The average molecular weight is 191 g/mol. The lowest BCUT2D eigenvalue weighted by molar-refractivity contribution is 0.187. The number of nitrogens with two attached hydrogens (primary N) is 1. The highest BCUT2D eigenvalue weighted by atomic mass is 15.4. The molecule has 0 radical (unpaired) electrons. The number of hydrogen-bond acceptors (Lipinski definition) is 3. The van der Waals surface area contributed by atoms with Gasteiger partial charge in [0, 0.05) is 25.5 Å². The predicted octanol–water partition coefficient (Wildman–Crippen LogP) is 1.21. The Morgan fingerprint density at radius 2 is 1.93 bits per heavy atom. The van der Waals surface area contributed by atoms with Crippen LogP contribution in [0, 0.1) is 5.92 Å². The Bertz CT molecular complexity index is 265. The van der Waals surface area contributed by atoms with Crippen LogP contribution in [-0.2, 0) is 6.42 Å². The van der Waals surface area contributed by atoms with E-state index in [1.54, 1.807) is 0 Å². The van der Waals surface area contributed by atoms with Gasteiger partial charge in [-0.2, -0.15) is 0 Å². The van der Waals surface area contributed by atoms with Crippen molar-refractivity contribution in [3.05, 3.63) is 30.1 Å². The van der Waals surface area contributed by atoms with Crippen molar-refractivity contribution in [2.24, 2.45) is 11.8 Å². The Balaban J connectivity index is 1.87. The molecule has 0 amide bonds. The van der Waals surface area contributed by atoms with Crippen LogP contribution >= 0.6 is 0 Å². The summed E-state index contributed by atoms with van der Waals surface area (Å²) < 4.78 is 0. The normalized spacial score (nSPS) is 19.8. The maximum absolute atomic E-state index is 5.71. The Morgan fingerprint density at radius 1 is 1.29 bits per heavy atom. The number of nitrogens with zero attached hydrogens (tertiary/aromatic N) is 2. The first kappa shape index (κ1) is 9.62. The summed E-state index contributed by atoms with van der Waals surface area (Å²) in [5, 5.41) is 1.92. The molecule has 1 aromatic rings. The third-order valence-electron chi connectivity index (χ3n) is 2.92. The number of rotatable bonds is 2. The fourth-order valence-electron chi connectivity index (χ4n) is 2.01. The number of aromatic nitrogens is 1. The second-order valence-corrected chi connectivity index (χ2v) is 4.04. The van der Waals surface area contributed by atoms with E-state index in [4.69, 9.17) is 5.84 Å². The summed E-state index contributed by atoms with van der Waals surface area (Å²) >= 11 is 0. The minimum absolute atomic E-state index is 0.803. The van der Waals surface area contributed by atoms with Gasteiger partial charge in [0.05, 0.1) is 0 Å². The molecule has 0 saturated carbocycles. The van der Waals surface area contributed by atoms with Crippen molar-refractivity contribution in [1.29, 1.82) is 0 Å². The second-order valence-electron chi connectivity index (χ2n) is 4.04. The summed E-state index contributed by atoms with van der Waals surface area (Å²) in [6.07, 6.45) is 7.36. The predicted molar refractivity (Wildman–Crippen MR) is 56.4 cm³/mol. The van der Waals surface area contributed by atoms with Crippen molar-refractivity contribution >= 4 is 0 Å². The molecule has 2 heterocycles. The SMILES string of the molecule is NN1CCC(Cc2ccncc2)CC1. The van der Waals surface area contributed by atoms with Crippen LogP contribution < -0.4 is 5.84 Å². The van der Waals surface area contributed by atoms with Crippen molar-refractivity contribution in [2.75, 3.05) is 13.1 Å². The van der Waals surface area contributed by atoms with Gasteiger partial charge in [0.15, 0.2) is 0 Å². The molecule has 1 aromatic heterocycles. The van der Waals surface area contributed by atoms with Crippen LogP contribution in [0.3, 0.4) is 0 Å². The molecule has 2 rings (SSSR count). The van der Waals surface area contributed by atoms with Gasteiger partial charge in [0.1, 0.15) is 0 Å². The van der Waals surface area contributed by atoms with E-state index in [0.717, 1.165) is 19.0 Å². The van der Waals surface area contributed by atoms with Crippen molar-refractivity contribution < 1.29 is 0 Å². The molecule has 3 heteroatoms. The molecule has 0 unspecified atom stereocenters. The summed E-state index contributed by atoms with van der Waals surface area (Å²) in [7, 11) is 0. The standard InChI is InChI=1S/C11H17N3/c12-14-7-3-11(4-8-14)9-10-1-5-13-6-2-10/h1-2,5-6,11H,3-4,7-9,12H2. The highest BCUT2D eigenvalue weighted by Gasteiger charge is 2.16. The molecule has 1 aliphatic heterocycles. The summed E-state index contributed by atoms with van der Waals surface area (Å²) in [5.74, 6) is 6.52. The van der Waals surface area contributed by atoms with Crippen LogP contribution in [0.4, 0.5) is 0 Å². The van der Waals surface area contributed by atoms with Gasteiger partial charge in [-0.3, -0.25) is 10.8 Å². The molecule has 1 saturated heterocycles. The molecule has 76 valence electrons. The summed E-state index contributed by atoms with van der Waals surface area (Å²) in [4.78, 5) is 4.02. The van der Waals surface area contributed by atoms with Crippen LogP contribution in [0.25, 0.3) is 0 Å². The highest BCUT2D eigenvalue weighted by Crippen LogP contribution is 2.19. The molecule has 1 aliphatic rings. The van der Waals surface area contributed by atoms with E-state index in [1.807, 2.05) is 17.4 Å². The third kappa shape index (κ3) is 2.53. The largest absolute Gasteiger partial charge is 0.269 e. The van der Waals surface area contributed by atoms with Gasteiger partial charge in [-0.05, 0) is 42.9 Å². The third-order valence-corrected chi connectivity index (χ3v) is 2.92. The fraction of sp³-hybridized carbons (Fsp3) is 0.545. The number of hydrogen-bond donors (Lipinski definition) is 1. The van der Waals surface area contributed by atoms with Crippen LogP contribution in [0.15, 0.2) is 24.5 Å². The minimum Gasteiger partial charge on any atom is -0.269 e. The maximum Gasteiger partial charge on any atom is 0.0270 e. The molecule has 0 bridgehead atoms. The van der Waals surface area contributed by atoms with Crippen molar-refractivity contribution in [1.82, 2.24) is 9.99 Å². The van der Waals surface area contributed by atoms with Gasteiger partial charge >= 0.3 is 0 Å². The van der Waals surface area contributed by atoms with Gasteiger partial charge in [-0.1, -0.05) is 0 Å². The molecule has 0 aromatic carbocycles. The molecule has 0 atom stereocenters. The van der Waals surface area contributed by atoms with Crippen LogP contribution in [0.5, 0.6) is 0 Å². The van der Waals surface area contributed by atoms with Gasteiger partial charge in [0.25, 0.3) is 0 Å². The maximum atomic E-state index is 5.71. The molecule has 0 aliphatic carbocycles. The summed E-state index contributed by atoms with van der Waals surface area (Å²) in [5.41, 5.74) is 1.40. The Morgan fingerprint density at radius 3 is 2.57 bits per heavy atom. The Hall–Kier alpha value is -0.930. The van der Waals surface area contributed by atoms with E-state index in [2.05, 4.69) is 17.1 Å². The molecule has 2 N–H and O–H groups in total. The Kier molecular flexibility index (Phi) is 3.11. The lowest BCUT2D eigenvalue weighted by atomic mass is 9.91. The first-order chi connectivity index (χ1) is 6.84. The van der Waals surface area contributed by atoms with E-state index in [9.17, 15) is 0 Å². The molecular formula is C11H17N3. The number of piperidine rings is 1. The van der Waals surface area contributed by atoms with Gasteiger partial charge < -0.3 is 0 Å². The molecule has 3 nitrogen and oxygen atoms in total. The molecular weight excluding hydrogens is 174 g/mol. The lowest BCUT2D eigenvalue weighted by Gasteiger charge is -2.28. The molecule has 0 spiro atoms. The van der Waals surface area contributed by atoms with E-state index < -0.39 is 0 Å². The summed E-state index contributed by atoms with van der Waals surface area (Å²) in [6, 6.07) is 4.21. The molecule has 1 fully saturated rings. The van der Waals surface area contributed by atoms with E-state index in [-0.39, 0.29) is 0 Å². The van der Waals surface area contributed by atoms with Crippen LogP contribution in [0.2, 0.25) is 0 Å². The van der Waals surface area contributed by atoms with E-state index in [0.29, 0.717) is 0 Å². The van der Waals surface area contributed by atoms with E-state index >= 15 is 0 Å². The van der Waals surface area contributed by atoms with Crippen LogP contribution in [-0.4, -0.2) is 23.1 Å². The van der Waals surface area contributed by atoms with Crippen LogP contribution in [0.1, 0.15) is 18.4 Å². The van der Waals surface area contributed by atoms with Gasteiger partial charge in [-0.15, -0.1) is 0 Å². The first-order valence-electron chi connectivity index (χ1n) is 5.23. The Labute approximate surface area is 84.9 Å². The minimum atomic E-state index is 0.803. The lowest BCUT2D eigenvalue weighted by Crippen LogP contribution is -2.39. The zero-order valence-corrected chi connectivity index (χ0v) is 8.39. The fourth-order valence-corrected chi connectivity index (χ4v) is 2.01.